The second kappa shape index (κ2) is 6.56. The van der Waals surface area contributed by atoms with Crippen LogP contribution >= 0.6 is 0 Å². The van der Waals surface area contributed by atoms with Gasteiger partial charge >= 0.3 is 5.97 Å². The summed E-state index contributed by atoms with van der Waals surface area (Å²) in [6, 6.07) is -0.748. The van der Waals surface area contributed by atoms with Crippen LogP contribution in [-0.4, -0.2) is 58.8 Å². The molecule has 0 aromatic rings. The van der Waals surface area contributed by atoms with Gasteiger partial charge in [0.05, 0.1) is 12.6 Å². The van der Waals surface area contributed by atoms with E-state index in [2.05, 4.69) is 5.32 Å². The summed E-state index contributed by atoms with van der Waals surface area (Å²) in [6.07, 6.45) is 1.45. The minimum absolute atomic E-state index is 0.0394. The van der Waals surface area contributed by atoms with Gasteiger partial charge in [0.25, 0.3) is 0 Å². The Bertz CT molecular complexity index is 283. The lowest BCUT2D eigenvalue weighted by Gasteiger charge is -2.19. The number of β-amino-alcohol motifs (C(OH)–C–C–N with tert-alkyl or cyclic N) is 1. The maximum absolute atomic E-state index is 11.5. The number of rotatable bonds is 6. The van der Waals surface area contributed by atoms with Crippen LogP contribution in [0.25, 0.3) is 0 Å². The van der Waals surface area contributed by atoms with Crippen molar-refractivity contribution in [3.8, 4) is 0 Å². The molecule has 6 nitrogen and oxygen atoms in total. The van der Waals surface area contributed by atoms with Crippen LogP contribution < -0.4 is 5.32 Å². The molecule has 0 saturated carbocycles. The van der Waals surface area contributed by atoms with Gasteiger partial charge in [-0.15, -0.1) is 0 Å². The Morgan fingerprint density at radius 3 is 2.76 bits per heavy atom. The van der Waals surface area contributed by atoms with E-state index in [1.165, 1.54) is 4.90 Å². The molecule has 0 aromatic heterocycles. The van der Waals surface area contributed by atoms with Gasteiger partial charge in [-0.25, -0.2) is 0 Å². The van der Waals surface area contributed by atoms with Gasteiger partial charge in [0.1, 0.15) is 6.04 Å². The van der Waals surface area contributed by atoms with E-state index in [1.807, 2.05) is 6.92 Å². The molecule has 2 unspecified atom stereocenters. The largest absolute Gasteiger partial charge is 0.480 e. The van der Waals surface area contributed by atoms with Crippen molar-refractivity contribution in [1.82, 2.24) is 10.2 Å². The Morgan fingerprint density at radius 2 is 2.18 bits per heavy atom. The first-order valence-electron chi connectivity index (χ1n) is 5.96. The minimum atomic E-state index is -0.983. The molecule has 3 N–H and O–H groups in total. The molecule has 98 valence electrons. The SMILES string of the molecule is CCCCNC(=O)CN1CC(O)CC1C(=O)O. The Morgan fingerprint density at radius 1 is 1.47 bits per heavy atom. The average molecular weight is 244 g/mol. The van der Waals surface area contributed by atoms with E-state index in [9.17, 15) is 14.7 Å². The molecule has 6 heteroatoms. The van der Waals surface area contributed by atoms with Gasteiger partial charge in [0, 0.05) is 19.5 Å². The number of carboxylic acid groups (broad SMARTS) is 1. The predicted molar refractivity (Wildman–Crippen MR) is 61.5 cm³/mol. The van der Waals surface area contributed by atoms with Crippen molar-refractivity contribution < 1.29 is 19.8 Å². The van der Waals surface area contributed by atoms with Crippen LogP contribution in [-0.2, 0) is 9.59 Å². The lowest BCUT2D eigenvalue weighted by atomic mass is 10.2. The molecule has 1 aliphatic heterocycles. The highest BCUT2D eigenvalue weighted by atomic mass is 16.4. The summed E-state index contributed by atoms with van der Waals surface area (Å²) in [6.45, 7) is 2.93. The zero-order chi connectivity index (χ0) is 12.8. The first kappa shape index (κ1) is 13.9. The molecule has 1 aliphatic rings. The summed E-state index contributed by atoms with van der Waals surface area (Å²) in [5.41, 5.74) is 0. The number of likely N-dealkylation sites (tertiary alicyclic amines) is 1. The fourth-order valence-electron chi connectivity index (χ4n) is 1.96. The number of aliphatic hydroxyl groups is 1. The standard InChI is InChI=1S/C11H20N2O4/c1-2-3-4-12-10(15)7-13-6-8(14)5-9(13)11(16)17/h8-9,14H,2-7H2,1H3,(H,12,15)(H,16,17). The number of hydrogen-bond donors (Lipinski definition) is 3. The predicted octanol–water partition coefficient (Wildman–Crippen LogP) is -0.577. The number of aliphatic carboxylic acids is 1. The van der Waals surface area contributed by atoms with Gasteiger partial charge in [-0.2, -0.15) is 0 Å². The summed E-state index contributed by atoms with van der Waals surface area (Å²) < 4.78 is 0. The molecule has 0 aliphatic carbocycles. The number of aliphatic hydroxyl groups excluding tert-OH is 1. The molecule has 0 spiro atoms. The Hall–Kier alpha value is -1.14. The second-order valence-electron chi connectivity index (χ2n) is 4.38. The Balaban J connectivity index is 2.38. The van der Waals surface area contributed by atoms with E-state index in [1.54, 1.807) is 0 Å². The number of amides is 1. The maximum Gasteiger partial charge on any atom is 0.321 e. The third-order valence-electron chi connectivity index (χ3n) is 2.87. The van der Waals surface area contributed by atoms with Gasteiger partial charge in [0.2, 0.25) is 5.91 Å². The van der Waals surface area contributed by atoms with Crippen LogP contribution in [0.4, 0.5) is 0 Å². The zero-order valence-electron chi connectivity index (χ0n) is 10.1. The molecular formula is C11H20N2O4. The summed E-state index contributed by atoms with van der Waals surface area (Å²) >= 11 is 0. The third-order valence-corrected chi connectivity index (χ3v) is 2.87. The smallest absolute Gasteiger partial charge is 0.321 e. The van der Waals surface area contributed by atoms with Crippen molar-refractivity contribution >= 4 is 11.9 Å². The van der Waals surface area contributed by atoms with Crippen molar-refractivity contribution in [2.24, 2.45) is 0 Å². The van der Waals surface area contributed by atoms with Crippen molar-refractivity contribution in [2.75, 3.05) is 19.6 Å². The average Bonchev–Trinajstić information content (AvgIpc) is 2.60. The van der Waals surface area contributed by atoms with Gasteiger partial charge in [-0.1, -0.05) is 13.3 Å². The summed E-state index contributed by atoms with van der Waals surface area (Å²) in [4.78, 5) is 23.9. The summed E-state index contributed by atoms with van der Waals surface area (Å²) in [7, 11) is 0. The third kappa shape index (κ3) is 4.32. The maximum atomic E-state index is 11.5. The van der Waals surface area contributed by atoms with Crippen LogP contribution in [0.15, 0.2) is 0 Å². The van der Waals surface area contributed by atoms with E-state index in [-0.39, 0.29) is 25.4 Å². The number of unbranched alkanes of at least 4 members (excludes halogenated alkanes) is 1. The topological polar surface area (TPSA) is 89.9 Å². The van der Waals surface area contributed by atoms with Crippen molar-refractivity contribution in [1.29, 1.82) is 0 Å². The highest BCUT2D eigenvalue weighted by Gasteiger charge is 2.36. The van der Waals surface area contributed by atoms with Crippen LogP contribution in [0.5, 0.6) is 0 Å². The van der Waals surface area contributed by atoms with E-state index in [0.717, 1.165) is 12.8 Å². The van der Waals surface area contributed by atoms with Crippen LogP contribution in [0.2, 0.25) is 0 Å². The van der Waals surface area contributed by atoms with E-state index >= 15 is 0 Å². The first-order chi connectivity index (χ1) is 8.04. The molecule has 2 atom stereocenters. The van der Waals surface area contributed by atoms with Crippen molar-refractivity contribution in [2.45, 2.75) is 38.3 Å². The fourth-order valence-corrected chi connectivity index (χ4v) is 1.96. The molecule has 1 fully saturated rings. The van der Waals surface area contributed by atoms with Gasteiger partial charge in [-0.3, -0.25) is 14.5 Å². The van der Waals surface area contributed by atoms with Gasteiger partial charge in [-0.05, 0) is 6.42 Å². The van der Waals surface area contributed by atoms with Crippen molar-refractivity contribution in [3.63, 3.8) is 0 Å². The Kier molecular flexibility index (Phi) is 5.37. The van der Waals surface area contributed by atoms with Crippen LogP contribution in [0.3, 0.4) is 0 Å². The number of nitrogens with one attached hydrogen (secondary N) is 1. The van der Waals surface area contributed by atoms with Crippen molar-refractivity contribution in [3.05, 3.63) is 0 Å². The fraction of sp³-hybridized carbons (Fsp3) is 0.818. The number of carboxylic acids is 1. The molecular weight excluding hydrogens is 224 g/mol. The molecule has 1 rings (SSSR count). The monoisotopic (exact) mass is 244 g/mol. The summed E-state index contributed by atoms with van der Waals surface area (Å²) in [5.74, 6) is -1.17. The number of carbonyl (C=O) groups excluding carboxylic acids is 1. The van der Waals surface area contributed by atoms with E-state index in [0.29, 0.717) is 6.54 Å². The molecule has 0 radical (unpaired) electrons. The van der Waals surface area contributed by atoms with E-state index < -0.39 is 18.1 Å². The Labute approximate surface area is 101 Å². The first-order valence-corrected chi connectivity index (χ1v) is 5.96. The molecule has 1 heterocycles. The van der Waals surface area contributed by atoms with E-state index in [4.69, 9.17) is 5.11 Å². The second-order valence-corrected chi connectivity index (χ2v) is 4.38. The lowest BCUT2D eigenvalue weighted by Crippen LogP contribution is -2.43. The lowest BCUT2D eigenvalue weighted by molar-refractivity contribution is -0.142. The molecule has 17 heavy (non-hydrogen) atoms. The normalized spacial score (nSPS) is 24.8. The number of hydrogen-bond acceptors (Lipinski definition) is 4. The number of carbonyl (C=O) groups is 2. The van der Waals surface area contributed by atoms with Crippen LogP contribution in [0.1, 0.15) is 26.2 Å². The van der Waals surface area contributed by atoms with Gasteiger partial charge < -0.3 is 15.5 Å². The quantitative estimate of drug-likeness (QED) is 0.544. The molecule has 0 bridgehead atoms. The molecule has 1 saturated heterocycles. The number of nitrogens with zero attached hydrogens (tertiary/aromatic N) is 1. The van der Waals surface area contributed by atoms with Gasteiger partial charge in [0.15, 0.2) is 0 Å². The van der Waals surface area contributed by atoms with Crippen LogP contribution in [0, 0.1) is 0 Å². The zero-order valence-corrected chi connectivity index (χ0v) is 10.1. The molecule has 0 aromatic carbocycles. The highest BCUT2D eigenvalue weighted by molar-refractivity contribution is 5.80. The highest BCUT2D eigenvalue weighted by Crippen LogP contribution is 2.17. The minimum Gasteiger partial charge on any atom is -0.480 e. The summed E-state index contributed by atoms with van der Waals surface area (Å²) in [5, 5.41) is 21.1. The molecule has 1 amide bonds.